The number of aromatic nitrogens is 3. The van der Waals surface area contributed by atoms with Crippen molar-refractivity contribution in [3.63, 3.8) is 0 Å². The topological polar surface area (TPSA) is 30.7 Å². The van der Waals surface area contributed by atoms with Crippen LogP contribution in [0.25, 0.3) is 82.9 Å². The van der Waals surface area contributed by atoms with Crippen molar-refractivity contribution < 1.29 is 0 Å². The van der Waals surface area contributed by atoms with Gasteiger partial charge in [-0.2, -0.15) is 0 Å². The Hall–Kier alpha value is -6.06. The zero-order chi connectivity index (χ0) is 32.0. The van der Waals surface area contributed by atoms with Crippen LogP contribution in [0.5, 0.6) is 0 Å². The fourth-order valence-electron chi connectivity index (χ4n) is 7.99. The lowest BCUT2D eigenvalue weighted by Crippen LogP contribution is -2.15. The molecule has 1 aliphatic carbocycles. The summed E-state index contributed by atoms with van der Waals surface area (Å²) < 4.78 is 2.44. The molecule has 3 heteroatoms. The normalized spacial score (nSPS) is 13.4. The fraction of sp³-hybridized carbons (Fsp3) is 0.0667. The smallest absolute Gasteiger partial charge is 0.160 e. The molecule has 2 heterocycles. The van der Waals surface area contributed by atoms with E-state index in [1.807, 2.05) is 12.1 Å². The lowest BCUT2D eigenvalue weighted by Gasteiger charge is -2.22. The Labute approximate surface area is 278 Å². The molecule has 0 atom stereocenters. The van der Waals surface area contributed by atoms with Crippen molar-refractivity contribution in [3.8, 4) is 39.5 Å². The lowest BCUT2D eigenvalue weighted by atomic mass is 9.82. The highest BCUT2D eigenvalue weighted by molar-refractivity contribution is 6.13. The van der Waals surface area contributed by atoms with Gasteiger partial charge in [-0.1, -0.05) is 123 Å². The summed E-state index contributed by atoms with van der Waals surface area (Å²) in [5.41, 5.74) is 12.7. The average molecular weight is 614 g/mol. The highest BCUT2D eigenvalue weighted by Crippen LogP contribution is 2.50. The van der Waals surface area contributed by atoms with Gasteiger partial charge in [0.15, 0.2) is 5.82 Å². The van der Waals surface area contributed by atoms with Crippen LogP contribution in [0, 0.1) is 0 Å². The first-order valence-corrected chi connectivity index (χ1v) is 16.6. The number of benzene rings is 7. The van der Waals surface area contributed by atoms with Crippen LogP contribution in [0.1, 0.15) is 25.0 Å². The van der Waals surface area contributed by atoms with Gasteiger partial charge in [0, 0.05) is 38.4 Å². The Morgan fingerprint density at radius 1 is 0.479 bits per heavy atom. The van der Waals surface area contributed by atoms with E-state index in [2.05, 4.69) is 158 Å². The van der Waals surface area contributed by atoms with Crippen molar-refractivity contribution in [2.45, 2.75) is 19.3 Å². The molecule has 1 aliphatic rings. The van der Waals surface area contributed by atoms with E-state index in [0.29, 0.717) is 0 Å². The predicted octanol–water partition coefficient (Wildman–Crippen LogP) is 11.5. The second-order valence-electron chi connectivity index (χ2n) is 13.5. The first-order chi connectivity index (χ1) is 23.5. The van der Waals surface area contributed by atoms with Crippen molar-refractivity contribution in [3.05, 3.63) is 163 Å². The first-order valence-electron chi connectivity index (χ1n) is 16.6. The molecule has 0 amide bonds. The van der Waals surface area contributed by atoms with Gasteiger partial charge in [-0.15, -0.1) is 0 Å². The van der Waals surface area contributed by atoms with Crippen LogP contribution in [0.2, 0.25) is 0 Å². The van der Waals surface area contributed by atoms with Gasteiger partial charge in [0.2, 0.25) is 0 Å². The number of fused-ring (bicyclic) bond motifs is 8. The molecule has 0 aliphatic heterocycles. The molecule has 7 aromatic carbocycles. The van der Waals surface area contributed by atoms with Gasteiger partial charge in [0.25, 0.3) is 0 Å². The summed E-state index contributed by atoms with van der Waals surface area (Å²) in [6.45, 7) is 4.67. The molecule has 2 aromatic heterocycles. The van der Waals surface area contributed by atoms with Crippen LogP contribution in [-0.4, -0.2) is 14.5 Å². The summed E-state index contributed by atoms with van der Waals surface area (Å²) in [7, 11) is 0. The molecule has 226 valence electrons. The van der Waals surface area contributed by atoms with E-state index in [4.69, 9.17) is 9.97 Å². The van der Waals surface area contributed by atoms with Crippen LogP contribution >= 0.6 is 0 Å². The molecule has 3 nitrogen and oxygen atoms in total. The summed E-state index contributed by atoms with van der Waals surface area (Å²) in [6, 6.07) is 54.7. The average Bonchev–Trinajstić information content (AvgIpc) is 3.57. The van der Waals surface area contributed by atoms with Crippen LogP contribution in [-0.2, 0) is 5.41 Å². The Kier molecular flexibility index (Phi) is 5.63. The molecule has 0 N–H and O–H groups in total. The molecule has 0 fully saturated rings. The van der Waals surface area contributed by atoms with Crippen LogP contribution in [0.4, 0.5) is 0 Å². The molecule has 0 unspecified atom stereocenters. The van der Waals surface area contributed by atoms with E-state index in [1.165, 1.54) is 54.8 Å². The van der Waals surface area contributed by atoms with Gasteiger partial charge in [0.1, 0.15) is 0 Å². The first kappa shape index (κ1) is 27.1. The molecular weight excluding hydrogens is 583 g/mol. The van der Waals surface area contributed by atoms with E-state index < -0.39 is 0 Å². The van der Waals surface area contributed by atoms with E-state index in [1.54, 1.807) is 0 Å². The van der Waals surface area contributed by atoms with Crippen LogP contribution in [0.3, 0.4) is 0 Å². The Morgan fingerprint density at radius 2 is 1.15 bits per heavy atom. The molecule has 0 radical (unpaired) electrons. The van der Waals surface area contributed by atoms with E-state index in [9.17, 15) is 0 Å². The number of hydrogen-bond acceptors (Lipinski definition) is 2. The summed E-state index contributed by atoms with van der Waals surface area (Å²) in [6.07, 6.45) is 0. The van der Waals surface area contributed by atoms with Gasteiger partial charge in [-0.3, -0.25) is 0 Å². The SMILES string of the molecule is CC1(C)c2ccc(-c3nc(-c4ccccc4)c4ccccc4n3)cc2-c2cc(-n3c4ccccc4c4cc5ccccc5cc43)ccc21. The number of rotatable bonds is 3. The number of hydrogen-bond donors (Lipinski definition) is 0. The number of para-hydroxylation sites is 2. The summed E-state index contributed by atoms with van der Waals surface area (Å²) in [5, 5.41) is 6.11. The van der Waals surface area contributed by atoms with Gasteiger partial charge in [0.05, 0.1) is 22.2 Å². The standard InChI is InChI=1S/C45H31N3/c1-45(2)38-22-20-31(44-46-40-18-10-8-17-34(40)43(47-44)28-12-4-3-5-13-28)25-35(38)36-27-32(21-23-39(36)45)48-41-19-11-9-16-33(41)37-24-29-14-6-7-15-30(29)26-42(37)48/h3-27H,1-2H3. The summed E-state index contributed by atoms with van der Waals surface area (Å²) in [5.74, 6) is 0.743. The highest BCUT2D eigenvalue weighted by Gasteiger charge is 2.36. The molecule has 0 spiro atoms. The van der Waals surface area contributed by atoms with Crippen LogP contribution < -0.4 is 0 Å². The van der Waals surface area contributed by atoms with E-state index in [-0.39, 0.29) is 5.41 Å². The summed E-state index contributed by atoms with van der Waals surface area (Å²) >= 11 is 0. The van der Waals surface area contributed by atoms with Crippen LogP contribution in [0.15, 0.2) is 152 Å². The lowest BCUT2D eigenvalue weighted by molar-refractivity contribution is 0.660. The zero-order valence-electron chi connectivity index (χ0n) is 26.8. The second-order valence-corrected chi connectivity index (χ2v) is 13.5. The maximum absolute atomic E-state index is 5.20. The maximum Gasteiger partial charge on any atom is 0.160 e. The second kappa shape index (κ2) is 9.97. The monoisotopic (exact) mass is 613 g/mol. The van der Waals surface area contributed by atoms with Gasteiger partial charge < -0.3 is 4.57 Å². The fourth-order valence-corrected chi connectivity index (χ4v) is 7.99. The molecular formula is C45H31N3. The predicted molar refractivity (Wildman–Crippen MR) is 200 cm³/mol. The molecule has 0 saturated carbocycles. The minimum atomic E-state index is -0.127. The van der Waals surface area contributed by atoms with Gasteiger partial charge in [-0.25, -0.2) is 9.97 Å². The third-order valence-electron chi connectivity index (χ3n) is 10.4. The Balaban J connectivity index is 1.18. The minimum absolute atomic E-state index is 0.127. The Bertz CT molecular complexity index is 2750. The molecule has 0 saturated heterocycles. The molecule has 9 aromatic rings. The molecule has 0 bridgehead atoms. The van der Waals surface area contributed by atoms with Crippen molar-refractivity contribution in [1.29, 1.82) is 0 Å². The van der Waals surface area contributed by atoms with Gasteiger partial charge >= 0.3 is 0 Å². The van der Waals surface area contributed by atoms with Crippen molar-refractivity contribution in [2.24, 2.45) is 0 Å². The maximum atomic E-state index is 5.20. The van der Waals surface area contributed by atoms with Crippen molar-refractivity contribution >= 4 is 43.5 Å². The quantitative estimate of drug-likeness (QED) is 0.198. The van der Waals surface area contributed by atoms with Crippen molar-refractivity contribution in [2.75, 3.05) is 0 Å². The zero-order valence-corrected chi connectivity index (χ0v) is 26.8. The third kappa shape index (κ3) is 3.88. The summed E-state index contributed by atoms with van der Waals surface area (Å²) in [4.78, 5) is 10.3. The number of nitrogens with zero attached hydrogens (tertiary/aromatic N) is 3. The molecule has 10 rings (SSSR count). The third-order valence-corrected chi connectivity index (χ3v) is 10.4. The Morgan fingerprint density at radius 3 is 1.98 bits per heavy atom. The largest absolute Gasteiger partial charge is 0.309 e. The minimum Gasteiger partial charge on any atom is -0.309 e. The van der Waals surface area contributed by atoms with E-state index in [0.717, 1.165) is 39.2 Å². The molecule has 48 heavy (non-hydrogen) atoms. The van der Waals surface area contributed by atoms with E-state index >= 15 is 0 Å². The van der Waals surface area contributed by atoms with Crippen molar-refractivity contribution in [1.82, 2.24) is 14.5 Å². The van der Waals surface area contributed by atoms with Gasteiger partial charge in [-0.05, 0) is 75.5 Å². The highest BCUT2D eigenvalue weighted by atomic mass is 15.0.